The summed E-state index contributed by atoms with van der Waals surface area (Å²) in [6.45, 7) is 2.00. The molecule has 0 aromatic heterocycles. The minimum atomic E-state index is -0.535. The number of nitrogens with zero attached hydrogens (tertiary/aromatic N) is 2. The lowest BCUT2D eigenvalue weighted by atomic mass is 9.76. The van der Waals surface area contributed by atoms with Crippen LogP contribution in [-0.4, -0.2) is 29.4 Å². The van der Waals surface area contributed by atoms with Crippen LogP contribution in [0.4, 0.5) is 10.5 Å². The van der Waals surface area contributed by atoms with Crippen LogP contribution in [0.15, 0.2) is 78.9 Å². The van der Waals surface area contributed by atoms with Crippen molar-refractivity contribution in [3.63, 3.8) is 0 Å². The SMILES string of the molecule is CN1C(=O)N(c2ccc(C#Cc3ccccc3)cc2)C(=O)CC1(C)C1C=CC=CC1. The van der Waals surface area contributed by atoms with Crippen LogP contribution in [0.25, 0.3) is 0 Å². The zero-order valence-electron chi connectivity index (χ0n) is 17.2. The maximum absolute atomic E-state index is 13.2. The Morgan fingerprint density at radius 2 is 1.60 bits per heavy atom. The van der Waals surface area contributed by atoms with Crippen molar-refractivity contribution in [1.82, 2.24) is 4.90 Å². The molecule has 2 aliphatic rings. The lowest BCUT2D eigenvalue weighted by Gasteiger charge is -2.49. The van der Waals surface area contributed by atoms with E-state index in [9.17, 15) is 9.59 Å². The lowest BCUT2D eigenvalue weighted by molar-refractivity contribution is -0.122. The lowest BCUT2D eigenvalue weighted by Crippen LogP contribution is -2.64. The number of imide groups is 1. The molecule has 3 amide bonds. The molecule has 0 radical (unpaired) electrons. The average Bonchev–Trinajstić information content (AvgIpc) is 2.78. The molecule has 0 bridgehead atoms. The van der Waals surface area contributed by atoms with Gasteiger partial charge in [-0.05, 0) is 49.7 Å². The van der Waals surface area contributed by atoms with E-state index in [4.69, 9.17) is 0 Å². The molecule has 2 aromatic rings. The third-order valence-electron chi connectivity index (χ3n) is 6.03. The molecule has 1 fully saturated rings. The summed E-state index contributed by atoms with van der Waals surface area (Å²) in [6.07, 6.45) is 9.28. The topological polar surface area (TPSA) is 40.6 Å². The summed E-state index contributed by atoms with van der Waals surface area (Å²) < 4.78 is 0. The zero-order valence-corrected chi connectivity index (χ0v) is 17.2. The zero-order chi connectivity index (χ0) is 21.1. The molecule has 0 spiro atoms. The Hall–Kier alpha value is -3.58. The summed E-state index contributed by atoms with van der Waals surface area (Å²) >= 11 is 0. The average molecular weight is 396 g/mol. The van der Waals surface area contributed by atoms with E-state index >= 15 is 0 Å². The molecule has 4 nitrogen and oxygen atoms in total. The first-order valence-electron chi connectivity index (χ1n) is 10.1. The summed E-state index contributed by atoms with van der Waals surface area (Å²) in [5, 5.41) is 0. The van der Waals surface area contributed by atoms with Gasteiger partial charge in [-0.1, -0.05) is 54.3 Å². The largest absolute Gasteiger partial charge is 0.331 e. The molecule has 150 valence electrons. The predicted octanol–water partition coefficient (Wildman–Crippen LogP) is 4.77. The molecule has 1 saturated heterocycles. The molecule has 30 heavy (non-hydrogen) atoms. The van der Waals surface area contributed by atoms with Gasteiger partial charge in [0.05, 0.1) is 17.6 Å². The van der Waals surface area contributed by atoms with Gasteiger partial charge in [0.25, 0.3) is 0 Å². The molecule has 4 heteroatoms. The van der Waals surface area contributed by atoms with E-state index in [1.807, 2.05) is 61.5 Å². The van der Waals surface area contributed by atoms with E-state index in [1.165, 1.54) is 4.90 Å². The van der Waals surface area contributed by atoms with Gasteiger partial charge in [0.15, 0.2) is 0 Å². The number of carbonyl (C=O) groups excluding carboxylic acids is 2. The Morgan fingerprint density at radius 3 is 2.23 bits per heavy atom. The van der Waals surface area contributed by atoms with E-state index in [2.05, 4.69) is 24.0 Å². The van der Waals surface area contributed by atoms with E-state index < -0.39 is 5.54 Å². The summed E-state index contributed by atoms with van der Waals surface area (Å²) in [7, 11) is 1.79. The van der Waals surface area contributed by atoms with Gasteiger partial charge in [-0.15, -0.1) is 0 Å². The van der Waals surface area contributed by atoms with Crippen molar-refractivity contribution in [3.05, 3.63) is 90.0 Å². The highest BCUT2D eigenvalue weighted by Gasteiger charge is 2.48. The molecule has 2 aromatic carbocycles. The van der Waals surface area contributed by atoms with Gasteiger partial charge in [-0.25, -0.2) is 9.69 Å². The number of amides is 3. The fourth-order valence-corrected chi connectivity index (χ4v) is 4.01. The number of hydrogen-bond acceptors (Lipinski definition) is 2. The molecule has 4 rings (SSSR count). The molecule has 2 unspecified atom stereocenters. The van der Waals surface area contributed by atoms with Crippen molar-refractivity contribution in [2.75, 3.05) is 11.9 Å². The first kappa shape index (κ1) is 19.7. The van der Waals surface area contributed by atoms with Crippen LogP contribution in [0.2, 0.25) is 0 Å². The minimum Gasteiger partial charge on any atom is -0.321 e. The van der Waals surface area contributed by atoms with Gasteiger partial charge in [-0.2, -0.15) is 0 Å². The summed E-state index contributed by atoms with van der Waals surface area (Å²) in [4.78, 5) is 29.2. The highest BCUT2D eigenvalue weighted by atomic mass is 16.2. The van der Waals surface area contributed by atoms with Crippen LogP contribution in [-0.2, 0) is 4.79 Å². The molecule has 0 N–H and O–H groups in total. The third-order valence-corrected chi connectivity index (χ3v) is 6.03. The van der Waals surface area contributed by atoms with Crippen molar-refractivity contribution in [2.45, 2.75) is 25.3 Å². The number of carbonyl (C=O) groups is 2. The second-order valence-electron chi connectivity index (χ2n) is 7.92. The molecule has 2 atom stereocenters. The minimum absolute atomic E-state index is 0.123. The van der Waals surface area contributed by atoms with Crippen LogP contribution in [0.3, 0.4) is 0 Å². The van der Waals surface area contributed by atoms with Gasteiger partial charge in [0.2, 0.25) is 5.91 Å². The molecule has 1 heterocycles. The van der Waals surface area contributed by atoms with Crippen molar-refractivity contribution < 1.29 is 9.59 Å². The maximum Gasteiger partial charge on any atom is 0.331 e. The van der Waals surface area contributed by atoms with Crippen LogP contribution >= 0.6 is 0 Å². The normalized spacial score (nSPS) is 23.3. The summed E-state index contributed by atoms with van der Waals surface area (Å²) in [5.41, 5.74) is 1.81. The van der Waals surface area contributed by atoms with Crippen LogP contribution < -0.4 is 4.90 Å². The number of urea groups is 1. The molecule has 1 aliphatic carbocycles. The van der Waals surface area contributed by atoms with E-state index in [1.54, 1.807) is 24.1 Å². The van der Waals surface area contributed by atoms with E-state index in [-0.39, 0.29) is 24.3 Å². The van der Waals surface area contributed by atoms with Gasteiger partial charge in [0.1, 0.15) is 0 Å². The van der Waals surface area contributed by atoms with Crippen LogP contribution in [0.5, 0.6) is 0 Å². The predicted molar refractivity (Wildman–Crippen MR) is 119 cm³/mol. The standard InChI is InChI=1S/C26H24N2O2/c1-26(22-11-7-4-8-12-22)19-24(29)28(25(30)27(26)2)23-17-15-21(16-18-23)14-13-20-9-5-3-6-10-20/h3-11,15-18,22H,12,19H2,1-2H3. The Balaban J connectivity index is 1.54. The fourth-order valence-electron chi connectivity index (χ4n) is 4.01. The number of rotatable bonds is 2. The Labute approximate surface area is 177 Å². The summed E-state index contributed by atoms with van der Waals surface area (Å²) in [5.74, 6) is 6.18. The van der Waals surface area contributed by atoms with Gasteiger partial charge in [-0.3, -0.25) is 4.79 Å². The van der Waals surface area contributed by atoms with E-state index in [0.29, 0.717) is 5.69 Å². The molecular formula is C26H24N2O2. The maximum atomic E-state index is 13.2. The van der Waals surface area contributed by atoms with Gasteiger partial charge < -0.3 is 4.90 Å². The van der Waals surface area contributed by atoms with Gasteiger partial charge >= 0.3 is 6.03 Å². The van der Waals surface area contributed by atoms with Crippen LogP contribution in [0, 0.1) is 17.8 Å². The van der Waals surface area contributed by atoms with Crippen molar-refractivity contribution in [2.24, 2.45) is 5.92 Å². The fraction of sp³-hybridized carbons (Fsp3) is 0.231. The smallest absolute Gasteiger partial charge is 0.321 e. The van der Waals surface area contributed by atoms with Crippen molar-refractivity contribution >= 4 is 17.6 Å². The number of hydrogen-bond donors (Lipinski definition) is 0. The van der Waals surface area contributed by atoms with E-state index in [0.717, 1.165) is 17.5 Å². The number of benzene rings is 2. The Bertz CT molecular complexity index is 1070. The number of allylic oxidation sites excluding steroid dienone is 3. The monoisotopic (exact) mass is 396 g/mol. The van der Waals surface area contributed by atoms with Crippen molar-refractivity contribution in [3.8, 4) is 11.8 Å². The van der Waals surface area contributed by atoms with Crippen molar-refractivity contribution in [1.29, 1.82) is 0 Å². The summed E-state index contributed by atoms with van der Waals surface area (Å²) in [6, 6.07) is 16.7. The number of anilines is 1. The molecule has 0 saturated carbocycles. The van der Waals surface area contributed by atoms with Crippen LogP contribution in [0.1, 0.15) is 30.9 Å². The Morgan fingerprint density at radius 1 is 0.933 bits per heavy atom. The Kier molecular flexibility index (Phi) is 5.29. The highest BCUT2D eigenvalue weighted by Crippen LogP contribution is 2.38. The first-order chi connectivity index (χ1) is 14.5. The molecular weight excluding hydrogens is 372 g/mol. The van der Waals surface area contributed by atoms with Gasteiger partial charge in [0, 0.05) is 24.1 Å². The molecule has 1 aliphatic heterocycles. The second kappa shape index (κ2) is 8.04. The highest BCUT2D eigenvalue weighted by molar-refractivity contribution is 6.16. The first-order valence-corrected chi connectivity index (χ1v) is 10.1. The quantitative estimate of drug-likeness (QED) is 0.687. The second-order valence-corrected chi connectivity index (χ2v) is 7.92. The third kappa shape index (κ3) is 3.67.